The molecule has 0 radical (unpaired) electrons. The van der Waals surface area contributed by atoms with E-state index < -0.39 is 8.32 Å². The van der Waals surface area contributed by atoms with Gasteiger partial charge >= 0.3 is 41.9 Å². The molecule has 0 amide bonds. The van der Waals surface area contributed by atoms with Gasteiger partial charge in [0.05, 0.1) is 0 Å². The van der Waals surface area contributed by atoms with Crippen molar-refractivity contribution in [2.24, 2.45) is 17.8 Å². The fourth-order valence-electron chi connectivity index (χ4n) is 5.79. The molecule has 148 valence electrons. The number of hydrogen-bond donors (Lipinski definition) is 0. The summed E-state index contributed by atoms with van der Waals surface area (Å²) in [6, 6.07) is 9.91. The summed E-state index contributed by atoms with van der Waals surface area (Å²) in [5.41, 5.74) is 1.89. The summed E-state index contributed by atoms with van der Waals surface area (Å²) in [4.78, 5) is 0. The summed E-state index contributed by atoms with van der Waals surface area (Å²) in [6.07, 6.45) is 8.66. The fraction of sp³-hybridized carbons (Fsp3) is 0.727. The van der Waals surface area contributed by atoms with E-state index in [9.17, 15) is 0 Å². The van der Waals surface area contributed by atoms with Gasteiger partial charge in [-0.15, -0.1) is 11.6 Å². The molecule has 28 heavy (non-hydrogen) atoms. The van der Waals surface area contributed by atoms with Crippen LogP contribution in [0.1, 0.15) is 64.9 Å². The van der Waals surface area contributed by atoms with Gasteiger partial charge in [-0.2, -0.15) is 18.2 Å². The number of rotatable bonds is 3. The molecule has 0 spiro atoms. The minimum atomic E-state index is -1.81. The summed E-state index contributed by atoms with van der Waals surface area (Å²) >= 11 is 0. The van der Waals surface area contributed by atoms with Crippen LogP contribution in [0.5, 0.6) is 5.75 Å². The maximum absolute atomic E-state index is 6.81. The average molecular weight is 488 g/mol. The molecular formula is C22H33BrClLiMgOSi. The Balaban J connectivity index is 0.00000182. The molecule has 1 aromatic carbocycles. The van der Waals surface area contributed by atoms with Crippen molar-refractivity contribution in [1.82, 2.24) is 0 Å². The third-order valence-electron chi connectivity index (χ3n) is 7.60. The molecule has 6 heteroatoms. The predicted molar refractivity (Wildman–Crippen MR) is 109 cm³/mol. The predicted octanol–water partition coefficient (Wildman–Crippen LogP) is -3.03. The Hall–Kier alpha value is 1.37. The first-order chi connectivity index (χ1) is 11.2. The van der Waals surface area contributed by atoms with E-state index >= 15 is 0 Å². The molecule has 0 saturated heterocycles. The van der Waals surface area contributed by atoms with Crippen molar-refractivity contribution >= 4 is 31.4 Å². The molecule has 5 rings (SSSR count). The van der Waals surface area contributed by atoms with Crippen molar-refractivity contribution in [1.29, 1.82) is 0 Å². The molecule has 0 atom stereocenters. The standard InChI is InChI=1S/C22H33OSi.BrH.ClH.Li.Mg/c1-21(2,3)24(4,5)23-20-9-7-6-8-19(20)22-13-16-10-17(14-22)12-18(11-16)15-22;;;;/h7-9,16-18H,10-15H2,1-5H3;2*1H;;/q-1;;;+1;+2/p-2. The zero-order valence-electron chi connectivity index (χ0n) is 18.6. The monoisotopic (exact) mass is 486 g/mol. The van der Waals surface area contributed by atoms with Crippen LogP contribution in [-0.2, 0) is 5.41 Å². The van der Waals surface area contributed by atoms with Crippen LogP contribution in [0.3, 0.4) is 0 Å². The van der Waals surface area contributed by atoms with E-state index in [1.165, 1.54) is 49.8 Å². The van der Waals surface area contributed by atoms with Gasteiger partial charge in [0, 0.05) is 0 Å². The molecule has 0 N–H and O–H groups in total. The van der Waals surface area contributed by atoms with Crippen LogP contribution >= 0.6 is 0 Å². The van der Waals surface area contributed by atoms with E-state index in [0.29, 0.717) is 5.41 Å². The first kappa shape index (κ1) is 29.4. The summed E-state index contributed by atoms with van der Waals surface area (Å²) in [7, 11) is -1.81. The zero-order valence-corrected chi connectivity index (χ0v) is 23.3. The second-order valence-corrected chi connectivity index (χ2v) is 15.2. The topological polar surface area (TPSA) is 9.23 Å². The SMILES string of the molecule is CC(C)(C)[Si](C)(C)Oc1cc[c-]cc1C12CC3CC(CC(C3)C1)C2.[Br-].[Cl-].[Li+].[Mg+2]. The van der Waals surface area contributed by atoms with E-state index in [1.54, 1.807) is 0 Å². The van der Waals surface area contributed by atoms with Gasteiger partial charge in [-0.05, 0) is 66.3 Å². The van der Waals surface area contributed by atoms with Crippen molar-refractivity contribution in [2.75, 3.05) is 0 Å². The molecule has 0 heterocycles. The van der Waals surface area contributed by atoms with Crippen LogP contribution < -0.4 is 52.7 Å². The molecule has 0 aliphatic heterocycles. The molecule has 1 aromatic rings. The summed E-state index contributed by atoms with van der Waals surface area (Å²) in [6.45, 7) is 11.7. The van der Waals surface area contributed by atoms with Crippen molar-refractivity contribution in [3.63, 3.8) is 0 Å². The fourth-order valence-corrected chi connectivity index (χ4v) is 6.82. The zero-order chi connectivity index (χ0) is 17.2. The number of hydrogen-bond acceptors (Lipinski definition) is 1. The molecule has 1 nitrogen and oxygen atoms in total. The molecule has 4 aliphatic rings. The van der Waals surface area contributed by atoms with Crippen LogP contribution in [0, 0.1) is 23.8 Å². The molecule has 4 fully saturated rings. The Morgan fingerprint density at radius 3 is 1.93 bits per heavy atom. The quantitative estimate of drug-likeness (QED) is 0.325. The minimum Gasteiger partial charge on any atom is -1.00 e. The van der Waals surface area contributed by atoms with Crippen LogP contribution in [0.15, 0.2) is 18.2 Å². The average Bonchev–Trinajstić information content (AvgIpc) is 2.44. The van der Waals surface area contributed by atoms with E-state index in [0.717, 1.165) is 17.8 Å². The van der Waals surface area contributed by atoms with Crippen molar-refractivity contribution < 1.29 is 52.7 Å². The van der Waals surface area contributed by atoms with E-state index in [4.69, 9.17) is 4.43 Å². The summed E-state index contributed by atoms with van der Waals surface area (Å²) < 4.78 is 6.81. The normalized spacial score (nSPS) is 30.2. The second-order valence-electron chi connectivity index (χ2n) is 10.5. The summed E-state index contributed by atoms with van der Waals surface area (Å²) in [5, 5.41) is 0.241. The molecule has 0 aromatic heterocycles. The van der Waals surface area contributed by atoms with Gasteiger partial charge in [-0.25, -0.2) is 0 Å². The first-order valence-corrected chi connectivity index (χ1v) is 12.8. The van der Waals surface area contributed by atoms with Crippen LogP contribution in [0.25, 0.3) is 0 Å². The van der Waals surface area contributed by atoms with Crippen molar-refractivity contribution in [3.8, 4) is 5.75 Å². The van der Waals surface area contributed by atoms with Gasteiger partial charge in [0.25, 0.3) is 0 Å². The van der Waals surface area contributed by atoms with Crippen molar-refractivity contribution in [3.05, 3.63) is 29.8 Å². The smallest absolute Gasteiger partial charge is 1.00 e. The molecule has 4 bridgehead atoms. The van der Waals surface area contributed by atoms with Gasteiger partial charge in [0.1, 0.15) is 0 Å². The van der Waals surface area contributed by atoms with E-state index in [2.05, 4.69) is 52.1 Å². The van der Waals surface area contributed by atoms with Gasteiger partial charge in [0.15, 0.2) is 0 Å². The maximum atomic E-state index is 6.81. The van der Waals surface area contributed by atoms with Crippen LogP contribution in [-0.4, -0.2) is 31.4 Å². The van der Waals surface area contributed by atoms with Crippen LogP contribution in [0.4, 0.5) is 0 Å². The largest absolute Gasteiger partial charge is 2.00 e. The minimum absolute atomic E-state index is 0. The Labute approximate surface area is 218 Å². The molecular weight excluding hydrogens is 455 g/mol. The Morgan fingerprint density at radius 2 is 1.50 bits per heavy atom. The van der Waals surface area contributed by atoms with Gasteiger partial charge < -0.3 is 33.8 Å². The third kappa shape index (κ3) is 5.40. The second kappa shape index (κ2) is 10.3. The van der Waals surface area contributed by atoms with E-state index in [1.807, 2.05) is 6.07 Å². The molecule has 0 unspecified atom stereocenters. The van der Waals surface area contributed by atoms with E-state index in [-0.39, 0.29) is 76.3 Å². The van der Waals surface area contributed by atoms with Gasteiger partial charge in [-0.3, -0.25) is 0 Å². The van der Waals surface area contributed by atoms with Crippen LogP contribution in [0.2, 0.25) is 18.1 Å². The van der Waals surface area contributed by atoms with Gasteiger partial charge in [0.2, 0.25) is 8.32 Å². The Morgan fingerprint density at radius 1 is 1.04 bits per heavy atom. The van der Waals surface area contributed by atoms with Crippen molar-refractivity contribution in [2.45, 2.75) is 82.8 Å². The molecule has 4 saturated carbocycles. The number of halogens is 2. The van der Waals surface area contributed by atoms with Gasteiger partial charge in [-0.1, -0.05) is 40.0 Å². The summed E-state index contributed by atoms with van der Waals surface area (Å²) in [5.74, 6) is 4.09. The first-order valence-electron chi connectivity index (χ1n) is 9.88. The molecule has 4 aliphatic carbocycles. The third-order valence-corrected chi connectivity index (χ3v) is 11.9. The maximum Gasteiger partial charge on any atom is 2.00 e. The Bertz CT molecular complexity index is 614. The Kier molecular flexibility index (Phi) is 10.8. The number of benzene rings is 1.